The molecule has 0 aromatic carbocycles. The standard InChI is InChI=1S/C14H28N4O/c1-10(2)14(11(3)4)12-9-16-5-6-17(12)7-8-18(14)13(15)19/h10-12,16H,5-9H2,1-4H3,(H2,15,19). The van der Waals surface area contributed by atoms with Crippen molar-refractivity contribution in [3.63, 3.8) is 0 Å². The molecule has 2 heterocycles. The summed E-state index contributed by atoms with van der Waals surface area (Å²) < 4.78 is 0. The van der Waals surface area contributed by atoms with Gasteiger partial charge in [0.2, 0.25) is 0 Å². The van der Waals surface area contributed by atoms with Gasteiger partial charge in [0, 0.05) is 38.8 Å². The maximum absolute atomic E-state index is 12.0. The minimum absolute atomic E-state index is 0.169. The van der Waals surface area contributed by atoms with Crippen molar-refractivity contribution in [2.75, 3.05) is 32.7 Å². The Labute approximate surface area is 116 Å². The van der Waals surface area contributed by atoms with Crippen LogP contribution in [0.4, 0.5) is 4.79 Å². The molecular weight excluding hydrogens is 240 g/mol. The molecule has 2 fully saturated rings. The lowest BCUT2D eigenvalue weighted by Crippen LogP contribution is -2.77. The first kappa shape index (κ1) is 14.6. The number of hydrogen-bond donors (Lipinski definition) is 2. The molecule has 0 aromatic rings. The van der Waals surface area contributed by atoms with Gasteiger partial charge in [-0.1, -0.05) is 27.7 Å². The first-order valence-electron chi connectivity index (χ1n) is 7.44. The molecule has 110 valence electrons. The number of fused-ring (bicyclic) bond motifs is 1. The maximum Gasteiger partial charge on any atom is 0.315 e. The third-order valence-corrected chi connectivity index (χ3v) is 5.08. The summed E-state index contributed by atoms with van der Waals surface area (Å²) in [5, 5.41) is 3.49. The van der Waals surface area contributed by atoms with E-state index in [1.165, 1.54) is 0 Å². The molecule has 2 rings (SSSR count). The van der Waals surface area contributed by atoms with Gasteiger partial charge in [0.15, 0.2) is 0 Å². The van der Waals surface area contributed by atoms with Crippen LogP contribution in [-0.2, 0) is 0 Å². The minimum Gasteiger partial charge on any atom is -0.351 e. The monoisotopic (exact) mass is 268 g/mol. The van der Waals surface area contributed by atoms with Crippen molar-refractivity contribution in [3.8, 4) is 0 Å². The smallest absolute Gasteiger partial charge is 0.315 e. The molecule has 0 radical (unpaired) electrons. The Balaban J connectivity index is 2.45. The van der Waals surface area contributed by atoms with Crippen molar-refractivity contribution >= 4 is 6.03 Å². The molecule has 2 saturated heterocycles. The van der Waals surface area contributed by atoms with Gasteiger partial charge in [0.05, 0.1) is 5.54 Å². The van der Waals surface area contributed by atoms with Gasteiger partial charge in [0.25, 0.3) is 0 Å². The van der Waals surface area contributed by atoms with E-state index in [0.717, 1.165) is 32.7 Å². The van der Waals surface area contributed by atoms with E-state index in [0.29, 0.717) is 17.9 Å². The SMILES string of the molecule is CC(C)C1(C(C)C)C2CNCCN2CCN1C(N)=O. The molecule has 5 nitrogen and oxygen atoms in total. The number of urea groups is 1. The van der Waals surface area contributed by atoms with E-state index in [-0.39, 0.29) is 11.6 Å². The largest absolute Gasteiger partial charge is 0.351 e. The lowest BCUT2D eigenvalue weighted by Gasteiger charge is -2.61. The average Bonchev–Trinajstić information content (AvgIpc) is 2.36. The zero-order chi connectivity index (χ0) is 14.2. The molecule has 5 heteroatoms. The third-order valence-electron chi connectivity index (χ3n) is 5.08. The van der Waals surface area contributed by atoms with Gasteiger partial charge in [0.1, 0.15) is 0 Å². The second-order valence-corrected chi connectivity index (χ2v) is 6.44. The highest BCUT2D eigenvalue weighted by atomic mass is 16.2. The highest BCUT2D eigenvalue weighted by Crippen LogP contribution is 2.41. The number of nitrogens with two attached hydrogens (primary N) is 1. The van der Waals surface area contributed by atoms with Crippen LogP contribution in [0.2, 0.25) is 0 Å². The Hall–Kier alpha value is -0.810. The predicted molar refractivity (Wildman–Crippen MR) is 76.9 cm³/mol. The van der Waals surface area contributed by atoms with E-state index in [9.17, 15) is 4.79 Å². The average molecular weight is 268 g/mol. The number of nitrogens with zero attached hydrogens (tertiary/aromatic N) is 2. The summed E-state index contributed by atoms with van der Waals surface area (Å²) in [6, 6.07) is 0.0927. The molecule has 1 unspecified atom stereocenters. The van der Waals surface area contributed by atoms with Gasteiger partial charge in [-0.05, 0) is 11.8 Å². The fraction of sp³-hybridized carbons (Fsp3) is 0.929. The summed E-state index contributed by atoms with van der Waals surface area (Å²) >= 11 is 0. The zero-order valence-electron chi connectivity index (χ0n) is 12.6. The molecular formula is C14H28N4O. The maximum atomic E-state index is 12.0. The fourth-order valence-electron chi connectivity index (χ4n) is 4.43. The highest BCUT2D eigenvalue weighted by molar-refractivity contribution is 5.73. The molecule has 0 saturated carbocycles. The number of hydrogen-bond acceptors (Lipinski definition) is 3. The molecule has 0 aromatic heterocycles. The van der Waals surface area contributed by atoms with Crippen LogP contribution >= 0.6 is 0 Å². The summed E-state index contributed by atoms with van der Waals surface area (Å²) in [4.78, 5) is 16.4. The van der Waals surface area contributed by atoms with Gasteiger partial charge in [-0.3, -0.25) is 4.90 Å². The zero-order valence-corrected chi connectivity index (χ0v) is 12.6. The number of carbonyl (C=O) groups is 1. The van der Waals surface area contributed by atoms with Crippen molar-refractivity contribution in [1.82, 2.24) is 15.1 Å². The van der Waals surface area contributed by atoms with Gasteiger partial charge >= 0.3 is 6.03 Å². The summed E-state index contributed by atoms with van der Waals surface area (Å²) in [6.07, 6.45) is 0. The van der Waals surface area contributed by atoms with E-state index in [4.69, 9.17) is 5.73 Å². The van der Waals surface area contributed by atoms with Crippen LogP contribution in [0, 0.1) is 11.8 Å². The molecule has 2 amide bonds. The van der Waals surface area contributed by atoms with Gasteiger partial charge in [-0.2, -0.15) is 0 Å². The minimum atomic E-state index is -0.271. The Morgan fingerprint density at radius 3 is 2.37 bits per heavy atom. The lowest BCUT2D eigenvalue weighted by molar-refractivity contribution is -0.0877. The molecule has 2 aliphatic rings. The Morgan fingerprint density at radius 1 is 1.21 bits per heavy atom. The second kappa shape index (κ2) is 5.29. The van der Waals surface area contributed by atoms with Crippen molar-refractivity contribution in [2.24, 2.45) is 17.6 Å². The molecule has 3 N–H and O–H groups in total. The van der Waals surface area contributed by atoms with Crippen LogP contribution in [0.25, 0.3) is 0 Å². The molecule has 0 spiro atoms. The molecule has 19 heavy (non-hydrogen) atoms. The van der Waals surface area contributed by atoms with Crippen molar-refractivity contribution in [2.45, 2.75) is 39.3 Å². The first-order chi connectivity index (χ1) is 8.92. The number of rotatable bonds is 2. The Bertz CT molecular complexity index is 334. The summed E-state index contributed by atoms with van der Waals surface area (Å²) in [5.41, 5.74) is 5.52. The van der Waals surface area contributed by atoms with Crippen molar-refractivity contribution < 1.29 is 4.79 Å². The van der Waals surface area contributed by atoms with Crippen molar-refractivity contribution in [3.05, 3.63) is 0 Å². The van der Waals surface area contributed by atoms with E-state index in [2.05, 4.69) is 37.9 Å². The van der Waals surface area contributed by atoms with Crippen LogP contribution in [0.5, 0.6) is 0 Å². The van der Waals surface area contributed by atoms with Crippen LogP contribution in [-0.4, -0.2) is 60.1 Å². The number of nitrogens with one attached hydrogen (secondary N) is 1. The summed E-state index contributed by atoms with van der Waals surface area (Å²) in [5.74, 6) is 0.764. The quantitative estimate of drug-likeness (QED) is 0.775. The summed E-state index contributed by atoms with van der Waals surface area (Å²) in [6.45, 7) is 13.6. The predicted octanol–water partition coefficient (Wildman–Crippen LogP) is 0.705. The van der Waals surface area contributed by atoms with Gasteiger partial charge in [-0.15, -0.1) is 0 Å². The first-order valence-corrected chi connectivity index (χ1v) is 7.44. The fourth-order valence-corrected chi connectivity index (χ4v) is 4.43. The van der Waals surface area contributed by atoms with Crippen LogP contribution in [0.1, 0.15) is 27.7 Å². The Morgan fingerprint density at radius 2 is 1.84 bits per heavy atom. The molecule has 1 atom stereocenters. The molecule has 0 bridgehead atoms. The topological polar surface area (TPSA) is 61.6 Å². The van der Waals surface area contributed by atoms with Crippen LogP contribution in [0.15, 0.2) is 0 Å². The number of primary amides is 1. The highest BCUT2D eigenvalue weighted by Gasteiger charge is 2.55. The second-order valence-electron chi connectivity index (χ2n) is 6.44. The van der Waals surface area contributed by atoms with Gasteiger partial charge < -0.3 is 16.0 Å². The van der Waals surface area contributed by atoms with E-state index >= 15 is 0 Å². The van der Waals surface area contributed by atoms with Crippen LogP contribution in [0.3, 0.4) is 0 Å². The van der Waals surface area contributed by atoms with Crippen molar-refractivity contribution in [1.29, 1.82) is 0 Å². The van der Waals surface area contributed by atoms with Gasteiger partial charge in [-0.25, -0.2) is 4.79 Å². The summed E-state index contributed by atoms with van der Waals surface area (Å²) in [7, 11) is 0. The normalized spacial score (nSPS) is 27.7. The lowest BCUT2D eigenvalue weighted by atomic mass is 9.68. The molecule has 2 aliphatic heterocycles. The Kier molecular flexibility index (Phi) is 4.06. The number of piperazine rings is 2. The van der Waals surface area contributed by atoms with E-state index in [1.807, 2.05) is 4.90 Å². The third kappa shape index (κ3) is 2.13. The number of carbonyl (C=O) groups excluding carboxylic acids is 1. The van der Waals surface area contributed by atoms with E-state index in [1.54, 1.807) is 0 Å². The molecule has 0 aliphatic carbocycles. The van der Waals surface area contributed by atoms with E-state index < -0.39 is 0 Å². The van der Waals surface area contributed by atoms with Crippen LogP contribution < -0.4 is 11.1 Å². The number of amides is 2.